The predicted octanol–water partition coefficient (Wildman–Crippen LogP) is 2.77. The van der Waals surface area contributed by atoms with Crippen molar-refractivity contribution in [1.82, 2.24) is 0 Å². The molecule has 0 aliphatic carbocycles. The first-order valence-corrected chi connectivity index (χ1v) is 3.31. The maximum atomic E-state index is 7.32. The van der Waals surface area contributed by atoms with Crippen molar-refractivity contribution in [2.24, 2.45) is 0 Å². The van der Waals surface area contributed by atoms with Gasteiger partial charge >= 0.3 is 0 Å². The van der Waals surface area contributed by atoms with Gasteiger partial charge in [0.2, 0.25) is 0 Å². The van der Waals surface area contributed by atoms with Gasteiger partial charge in [0.1, 0.15) is 0 Å². The average Bonchev–Trinajstić information content (AvgIpc) is 1.64. The SMILES string of the molecule is CCC(C(C)=N)=C(C)C. The van der Waals surface area contributed by atoms with E-state index in [9.17, 15) is 0 Å². The van der Waals surface area contributed by atoms with E-state index in [0.29, 0.717) is 5.71 Å². The van der Waals surface area contributed by atoms with Gasteiger partial charge in [-0.15, -0.1) is 0 Å². The van der Waals surface area contributed by atoms with Crippen molar-refractivity contribution in [3.8, 4) is 0 Å². The van der Waals surface area contributed by atoms with Crippen LogP contribution in [0.3, 0.4) is 0 Å². The molecule has 0 atom stereocenters. The summed E-state index contributed by atoms with van der Waals surface area (Å²) in [4.78, 5) is 0. The molecule has 0 aromatic rings. The summed E-state index contributed by atoms with van der Waals surface area (Å²) in [5.74, 6) is 0. The number of nitrogens with one attached hydrogen (secondary N) is 1. The topological polar surface area (TPSA) is 23.9 Å². The third kappa shape index (κ3) is 2.45. The summed E-state index contributed by atoms with van der Waals surface area (Å²) in [7, 11) is 0. The van der Waals surface area contributed by atoms with E-state index in [1.807, 2.05) is 6.92 Å². The molecule has 1 N–H and O–H groups in total. The minimum atomic E-state index is 0.706. The molecule has 0 fully saturated rings. The van der Waals surface area contributed by atoms with Crippen molar-refractivity contribution < 1.29 is 0 Å². The Morgan fingerprint density at radius 1 is 1.22 bits per heavy atom. The lowest BCUT2D eigenvalue weighted by atomic mass is 10.0. The van der Waals surface area contributed by atoms with Crippen molar-refractivity contribution >= 4 is 5.71 Å². The summed E-state index contributed by atoms with van der Waals surface area (Å²) in [6.45, 7) is 8.03. The average molecular weight is 125 g/mol. The summed E-state index contributed by atoms with van der Waals surface area (Å²) in [6.07, 6.45) is 0.984. The van der Waals surface area contributed by atoms with Crippen LogP contribution in [0.25, 0.3) is 0 Å². The molecule has 0 spiro atoms. The molecule has 0 saturated heterocycles. The molecular formula is C8H15N. The fourth-order valence-electron chi connectivity index (χ4n) is 0.994. The molecule has 0 unspecified atom stereocenters. The van der Waals surface area contributed by atoms with Gasteiger partial charge in [0, 0.05) is 5.71 Å². The van der Waals surface area contributed by atoms with Crippen LogP contribution in [0.4, 0.5) is 0 Å². The normalized spacial score (nSPS) is 8.89. The van der Waals surface area contributed by atoms with Crippen LogP contribution in [0.2, 0.25) is 0 Å². The zero-order valence-electron chi connectivity index (χ0n) is 6.71. The van der Waals surface area contributed by atoms with Crippen LogP contribution in [0.1, 0.15) is 34.1 Å². The van der Waals surface area contributed by atoms with E-state index in [2.05, 4.69) is 20.8 Å². The molecule has 0 amide bonds. The molecule has 0 aromatic heterocycles. The van der Waals surface area contributed by atoms with Crippen LogP contribution in [-0.2, 0) is 0 Å². The largest absolute Gasteiger partial charge is 0.305 e. The Kier molecular flexibility index (Phi) is 3.21. The first-order valence-electron chi connectivity index (χ1n) is 3.31. The van der Waals surface area contributed by atoms with E-state index in [-0.39, 0.29) is 0 Å². The van der Waals surface area contributed by atoms with Crippen molar-refractivity contribution in [3.63, 3.8) is 0 Å². The molecule has 0 heterocycles. The third-order valence-electron chi connectivity index (χ3n) is 1.41. The van der Waals surface area contributed by atoms with Crippen molar-refractivity contribution in [2.75, 3.05) is 0 Å². The molecular weight excluding hydrogens is 110 g/mol. The molecule has 0 aliphatic rings. The summed E-state index contributed by atoms with van der Waals surface area (Å²) >= 11 is 0. The van der Waals surface area contributed by atoms with Gasteiger partial charge in [-0.3, -0.25) is 0 Å². The minimum absolute atomic E-state index is 0.706. The molecule has 0 aliphatic heterocycles. The van der Waals surface area contributed by atoms with Gasteiger partial charge in [0.25, 0.3) is 0 Å². The van der Waals surface area contributed by atoms with Crippen LogP contribution in [0, 0.1) is 5.41 Å². The first-order chi connectivity index (χ1) is 4.09. The van der Waals surface area contributed by atoms with E-state index < -0.39 is 0 Å². The predicted molar refractivity (Wildman–Crippen MR) is 42.1 cm³/mol. The van der Waals surface area contributed by atoms with Gasteiger partial charge in [-0.2, -0.15) is 0 Å². The standard InChI is InChI=1S/C8H15N/c1-5-8(6(2)3)7(4)9/h9H,5H2,1-4H3. The van der Waals surface area contributed by atoms with Crippen molar-refractivity contribution in [1.29, 1.82) is 5.41 Å². The van der Waals surface area contributed by atoms with Gasteiger partial charge in [-0.25, -0.2) is 0 Å². The van der Waals surface area contributed by atoms with Crippen LogP contribution in [0.15, 0.2) is 11.1 Å². The smallest absolute Gasteiger partial charge is 0.0314 e. The van der Waals surface area contributed by atoms with E-state index in [4.69, 9.17) is 5.41 Å². The second-order valence-corrected chi connectivity index (χ2v) is 2.46. The van der Waals surface area contributed by atoms with Gasteiger partial charge in [0.15, 0.2) is 0 Å². The maximum absolute atomic E-state index is 7.32. The van der Waals surface area contributed by atoms with Gasteiger partial charge in [-0.1, -0.05) is 12.5 Å². The van der Waals surface area contributed by atoms with E-state index >= 15 is 0 Å². The summed E-state index contributed by atoms with van der Waals surface area (Å²) in [5.41, 5.74) is 3.16. The molecule has 9 heavy (non-hydrogen) atoms. The van der Waals surface area contributed by atoms with E-state index in [1.165, 1.54) is 11.1 Å². The highest BCUT2D eigenvalue weighted by Gasteiger charge is 1.96. The number of hydrogen-bond acceptors (Lipinski definition) is 1. The number of hydrogen-bond donors (Lipinski definition) is 1. The lowest BCUT2D eigenvalue weighted by Crippen LogP contribution is -1.95. The minimum Gasteiger partial charge on any atom is -0.305 e. The van der Waals surface area contributed by atoms with Crippen molar-refractivity contribution in [2.45, 2.75) is 34.1 Å². The highest BCUT2D eigenvalue weighted by molar-refractivity contribution is 5.96. The fourth-order valence-corrected chi connectivity index (χ4v) is 0.994. The van der Waals surface area contributed by atoms with Crippen LogP contribution in [-0.4, -0.2) is 5.71 Å². The zero-order chi connectivity index (χ0) is 7.44. The van der Waals surface area contributed by atoms with Crippen LogP contribution >= 0.6 is 0 Å². The first kappa shape index (κ1) is 8.41. The second kappa shape index (κ2) is 3.44. The van der Waals surface area contributed by atoms with Crippen LogP contribution < -0.4 is 0 Å². The van der Waals surface area contributed by atoms with Gasteiger partial charge in [0.05, 0.1) is 0 Å². The fraction of sp³-hybridized carbons (Fsp3) is 0.625. The molecule has 52 valence electrons. The zero-order valence-corrected chi connectivity index (χ0v) is 6.71. The second-order valence-electron chi connectivity index (χ2n) is 2.46. The Balaban J connectivity index is 4.35. The third-order valence-corrected chi connectivity index (χ3v) is 1.41. The van der Waals surface area contributed by atoms with Crippen LogP contribution in [0.5, 0.6) is 0 Å². The highest BCUT2D eigenvalue weighted by atomic mass is 14.4. The molecule has 0 rings (SSSR count). The molecule has 1 nitrogen and oxygen atoms in total. The number of rotatable bonds is 2. The molecule has 0 bridgehead atoms. The summed E-state index contributed by atoms with van der Waals surface area (Å²) < 4.78 is 0. The van der Waals surface area contributed by atoms with Gasteiger partial charge < -0.3 is 5.41 Å². The monoisotopic (exact) mass is 125 g/mol. The lowest BCUT2D eigenvalue weighted by molar-refractivity contribution is 1.11. The quantitative estimate of drug-likeness (QED) is 0.549. The Morgan fingerprint density at radius 2 is 1.67 bits per heavy atom. The summed E-state index contributed by atoms with van der Waals surface area (Å²) in [6, 6.07) is 0. The Morgan fingerprint density at radius 3 is 1.67 bits per heavy atom. The molecule has 0 aromatic carbocycles. The highest BCUT2D eigenvalue weighted by Crippen LogP contribution is 2.07. The number of allylic oxidation sites excluding steroid dienone is 2. The molecule has 1 heteroatoms. The lowest BCUT2D eigenvalue weighted by Gasteiger charge is -2.02. The molecule has 0 radical (unpaired) electrons. The van der Waals surface area contributed by atoms with E-state index in [1.54, 1.807) is 0 Å². The Bertz CT molecular complexity index is 139. The Hall–Kier alpha value is -0.590. The molecule has 0 saturated carbocycles. The van der Waals surface area contributed by atoms with Crippen molar-refractivity contribution in [3.05, 3.63) is 11.1 Å². The van der Waals surface area contributed by atoms with Gasteiger partial charge in [-0.05, 0) is 32.8 Å². The Labute approximate surface area is 57.3 Å². The maximum Gasteiger partial charge on any atom is 0.0314 e. The summed E-state index contributed by atoms with van der Waals surface area (Å²) in [5, 5.41) is 7.32. The van der Waals surface area contributed by atoms with E-state index in [0.717, 1.165) is 6.42 Å².